The van der Waals surface area contributed by atoms with Gasteiger partial charge in [0.1, 0.15) is 5.82 Å². The molecule has 1 aromatic heterocycles. The number of anilines is 2. The van der Waals surface area contributed by atoms with Gasteiger partial charge in [-0.2, -0.15) is 4.98 Å². The largest absolute Gasteiger partial charge is 0.383 e. The summed E-state index contributed by atoms with van der Waals surface area (Å²) in [6.45, 7) is 3.71. The monoisotopic (exact) mass is 351 g/mol. The lowest BCUT2D eigenvalue weighted by Crippen LogP contribution is -2.30. The summed E-state index contributed by atoms with van der Waals surface area (Å²) in [5.41, 5.74) is 16.8. The Bertz CT molecular complexity index is 767. The smallest absolute Gasteiger partial charge is 0.222 e. The van der Waals surface area contributed by atoms with E-state index in [0.717, 1.165) is 30.5 Å². The maximum atomic E-state index is 6.33. The summed E-state index contributed by atoms with van der Waals surface area (Å²) in [7, 11) is 0. The third-order valence-electron chi connectivity index (χ3n) is 5.91. The van der Waals surface area contributed by atoms with Crippen LogP contribution in [0.5, 0.6) is 0 Å². The minimum Gasteiger partial charge on any atom is -0.383 e. The highest BCUT2D eigenvalue weighted by atomic mass is 15.1. The molecular weight excluding hydrogens is 322 g/mol. The molecular formula is C21H29N5. The van der Waals surface area contributed by atoms with E-state index in [1.165, 1.54) is 56.4 Å². The van der Waals surface area contributed by atoms with Crippen molar-refractivity contribution in [1.29, 1.82) is 0 Å². The molecule has 1 aliphatic heterocycles. The molecule has 0 radical (unpaired) electrons. The molecule has 138 valence electrons. The van der Waals surface area contributed by atoms with Crippen molar-refractivity contribution in [3.05, 3.63) is 35.4 Å². The quantitative estimate of drug-likeness (QED) is 0.879. The first-order valence-electron chi connectivity index (χ1n) is 9.96. The van der Waals surface area contributed by atoms with Crippen molar-refractivity contribution >= 4 is 11.8 Å². The maximum Gasteiger partial charge on any atom is 0.222 e. The molecule has 2 aromatic rings. The number of benzene rings is 1. The fourth-order valence-electron chi connectivity index (χ4n) is 4.59. The van der Waals surface area contributed by atoms with Crippen LogP contribution in [0.4, 0.5) is 11.8 Å². The molecule has 2 heterocycles. The first-order valence-corrected chi connectivity index (χ1v) is 9.96. The number of fused-ring (bicyclic) bond motifs is 3. The summed E-state index contributed by atoms with van der Waals surface area (Å²) in [6.07, 6.45) is 8.57. The van der Waals surface area contributed by atoms with Gasteiger partial charge in [-0.1, -0.05) is 30.7 Å². The maximum absolute atomic E-state index is 6.33. The average Bonchev–Trinajstić information content (AvgIpc) is 2.80. The molecule has 4 rings (SSSR count). The molecule has 4 N–H and O–H groups in total. The van der Waals surface area contributed by atoms with Crippen LogP contribution in [0.1, 0.15) is 55.6 Å². The first kappa shape index (κ1) is 17.3. The molecule has 1 atom stereocenters. The number of aromatic nitrogens is 2. The third kappa shape index (κ3) is 3.54. The van der Waals surface area contributed by atoms with Gasteiger partial charge in [0, 0.05) is 11.1 Å². The minimum atomic E-state index is 0.269. The fourth-order valence-corrected chi connectivity index (χ4v) is 4.59. The Labute approximate surface area is 155 Å². The van der Waals surface area contributed by atoms with Crippen molar-refractivity contribution in [2.24, 2.45) is 0 Å². The Morgan fingerprint density at radius 1 is 1.04 bits per heavy atom. The van der Waals surface area contributed by atoms with Gasteiger partial charge in [-0.25, -0.2) is 4.98 Å². The Balaban J connectivity index is 1.57. The molecule has 1 unspecified atom stereocenters. The second kappa shape index (κ2) is 7.62. The molecule has 0 spiro atoms. The second-order valence-corrected chi connectivity index (χ2v) is 7.67. The van der Waals surface area contributed by atoms with E-state index in [4.69, 9.17) is 11.5 Å². The molecule has 1 aliphatic carbocycles. The Hall–Kier alpha value is -2.14. The number of piperidine rings is 1. The summed E-state index contributed by atoms with van der Waals surface area (Å²) in [5, 5.41) is 0. The molecule has 0 saturated carbocycles. The van der Waals surface area contributed by atoms with E-state index < -0.39 is 0 Å². The van der Waals surface area contributed by atoms with Crippen molar-refractivity contribution in [3.8, 4) is 11.3 Å². The van der Waals surface area contributed by atoms with Gasteiger partial charge in [0.25, 0.3) is 0 Å². The number of likely N-dealkylation sites (tertiary alicyclic amines) is 1. The summed E-state index contributed by atoms with van der Waals surface area (Å²) in [6, 6.07) is 8.50. The van der Waals surface area contributed by atoms with Gasteiger partial charge < -0.3 is 16.4 Å². The van der Waals surface area contributed by atoms with E-state index in [2.05, 4.69) is 39.1 Å². The molecule has 1 fully saturated rings. The van der Waals surface area contributed by atoms with Crippen LogP contribution in [0.2, 0.25) is 0 Å². The van der Waals surface area contributed by atoms with E-state index in [-0.39, 0.29) is 5.95 Å². The van der Waals surface area contributed by atoms with Crippen molar-refractivity contribution in [2.45, 2.75) is 50.9 Å². The van der Waals surface area contributed by atoms with E-state index in [1.807, 2.05) is 0 Å². The zero-order chi connectivity index (χ0) is 17.9. The van der Waals surface area contributed by atoms with Crippen LogP contribution in [-0.4, -0.2) is 34.5 Å². The molecule has 0 amide bonds. The highest BCUT2D eigenvalue weighted by molar-refractivity contribution is 5.73. The number of rotatable bonds is 4. The van der Waals surface area contributed by atoms with Gasteiger partial charge in [0.15, 0.2) is 0 Å². The number of nitrogens with two attached hydrogens (primary N) is 2. The minimum absolute atomic E-state index is 0.269. The number of aryl methyl sites for hydroxylation is 1. The molecule has 1 aromatic carbocycles. The predicted molar refractivity (Wildman–Crippen MR) is 107 cm³/mol. The lowest BCUT2D eigenvalue weighted by molar-refractivity contribution is 0.222. The average molecular weight is 351 g/mol. The number of hydrogen-bond donors (Lipinski definition) is 2. The van der Waals surface area contributed by atoms with Gasteiger partial charge in [0.05, 0.1) is 5.69 Å². The number of hydrogen-bond acceptors (Lipinski definition) is 5. The summed E-state index contributed by atoms with van der Waals surface area (Å²) in [5.74, 6) is 1.24. The lowest BCUT2D eigenvalue weighted by Gasteiger charge is -2.27. The van der Waals surface area contributed by atoms with Gasteiger partial charge in [-0.15, -0.1) is 0 Å². The third-order valence-corrected chi connectivity index (χ3v) is 5.91. The summed E-state index contributed by atoms with van der Waals surface area (Å²) < 4.78 is 0. The molecule has 5 nitrogen and oxygen atoms in total. The molecule has 1 saturated heterocycles. The Kier molecular flexibility index (Phi) is 5.07. The van der Waals surface area contributed by atoms with Crippen LogP contribution >= 0.6 is 0 Å². The zero-order valence-corrected chi connectivity index (χ0v) is 15.5. The first-order chi connectivity index (χ1) is 12.7. The molecule has 5 heteroatoms. The van der Waals surface area contributed by atoms with Crippen molar-refractivity contribution in [1.82, 2.24) is 14.9 Å². The standard InChI is InChI=1S/C21H29N5/c22-20-18-16(8-6-14-26-12-4-1-5-13-26)11-10-15-7-2-3-9-17(15)19(18)24-21(23)25-20/h2-3,7,9,16H,1,4-6,8,10-14H2,(H4,22,23,24,25). The van der Waals surface area contributed by atoms with Crippen LogP contribution in [-0.2, 0) is 6.42 Å². The topological polar surface area (TPSA) is 81.1 Å². The number of nitrogens with zero attached hydrogens (tertiary/aromatic N) is 3. The Morgan fingerprint density at radius 3 is 2.69 bits per heavy atom. The van der Waals surface area contributed by atoms with Crippen LogP contribution in [0.25, 0.3) is 11.3 Å². The molecule has 2 aliphatic rings. The van der Waals surface area contributed by atoms with Gasteiger partial charge in [-0.3, -0.25) is 0 Å². The van der Waals surface area contributed by atoms with E-state index in [1.54, 1.807) is 0 Å². The van der Waals surface area contributed by atoms with Gasteiger partial charge in [0.2, 0.25) is 5.95 Å². The van der Waals surface area contributed by atoms with Crippen LogP contribution in [0.3, 0.4) is 0 Å². The van der Waals surface area contributed by atoms with E-state index in [0.29, 0.717) is 11.7 Å². The fraction of sp³-hybridized carbons (Fsp3) is 0.524. The lowest BCUT2D eigenvalue weighted by atomic mass is 9.90. The predicted octanol–water partition coefficient (Wildman–Crippen LogP) is 3.60. The van der Waals surface area contributed by atoms with Crippen LogP contribution in [0.15, 0.2) is 24.3 Å². The summed E-state index contributed by atoms with van der Waals surface area (Å²) >= 11 is 0. The number of nitrogen functional groups attached to an aromatic ring is 2. The highest BCUT2D eigenvalue weighted by Crippen LogP contribution is 2.41. The second-order valence-electron chi connectivity index (χ2n) is 7.67. The van der Waals surface area contributed by atoms with Crippen molar-refractivity contribution in [2.75, 3.05) is 31.1 Å². The van der Waals surface area contributed by atoms with Crippen LogP contribution < -0.4 is 11.5 Å². The zero-order valence-electron chi connectivity index (χ0n) is 15.5. The van der Waals surface area contributed by atoms with E-state index >= 15 is 0 Å². The highest BCUT2D eigenvalue weighted by Gasteiger charge is 2.26. The normalized spacial score (nSPS) is 20.2. The van der Waals surface area contributed by atoms with E-state index in [9.17, 15) is 0 Å². The van der Waals surface area contributed by atoms with Crippen LogP contribution in [0, 0.1) is 0 Å². The molecule has 0 bridgehead atoms. The SMILES string of the molecule is Nc1nc(N)c2c(n1)-c1ccccc1CCC2CCCN1CCCCC1. The van der Waals surface area contributed by atoms with Crippen molar-refractivity contribution < 1.29 is 0 Å². The van der Waals surface area contributed by atoms with Crippen molar-refractivity contribution in [3.63, 3.8) is 0 Å². The van der Waals surface area contributed by atoms with Gasteiger partial charge >= 0.3 is 0 Å². The van der Waals surface area contributed by atoms with Gasteiger partial charge in [-0.05, 0) is 69.6 Å². The Morgan fingerprint density at radius 2 is 1.85 bits per heavy atom. The summed E-state index contributed by atoms with van der Waals surface area (Å²) in [4.78, 5) is 11.5. The molecule has 26 heavy (non-hydrogen) atoms.